The van der Waals surface area contributed by atoms with Crippen LogP contribution in [0.25, 0.3) is 0 Å². The summed E-state index contributed by atoms with van der Waals surface area (Å²) in [6.07, 6.45) is 8.42. The molecule has 3 saturated carbocycles. The molecule has 0 spiro atoms. The van der Waals surface area contributed by atoms with Gasteiger partial charge in [-0.2, -0.15) is 0 Å². The quantitative estimate of drug-likeness (QED) is 0.591. The van der Waals surface area contributed by atoms with Crippen LogP contribution in [0.4, 0.5) is 5.69 Å². The van der Waals surface area contributed by atoms with Gasteiger partial charge < -0.3 is 5.32 Å². The lowest BCUT2D eigenvalue weighted by Gasteiger charge is -2.37. The van der Waals surface area contributed by atoms with Crippen LogP contribution in [0.15, 0.2) is 36.4 Å². The molecular weight excluding hydrogens is 400 g/mol. The fourth-order valence-electron chi connectivity index (χ4n) is 6.75. The molecule has 1 saturated heterocycles. The van der Waals surface area contributed by atoms with Gasteiger partial charge in [0, 0.05) is 22.7 Å². The molecule has 1 aromatic carbocycles. The highest BCUT2D eigenvalue weighted by atomic mass is 35.5. The maximum Gasteiger partial charge on any atom is 0.233 e. The number of benzene rings is 1. The smallest absolute Gasteiger partial charge is 0.233 e. The van der Waals surface area contributed by atoms with Crippen LogP contribution in [0.1, 0.15) is 32.1 Å². The molecule has 6 atom stereocenters. The van der Waals surface area contributed by atoms with E-state index in [-0.39, 0.29) is 53.4 Å². The van der Waals surface area contributed by atoms with Gasteiger partial charge in [-0.05, 0) is 74.0 Å². The number of carbonyl (C=O) groups is 3. The van der Waals surface area contributed by atoms with Crippen molar-refractivity contribution >= 4 is 35.0 Å². The SMILES string of the molecule is O=C(Nc1cccc(Cl)c1)C1CCC(N2C(=O)[C@@H]3[C@H]4C=C[C@@H]([C@@H]5C[C@H]45)[C@H]3C2=O)CC1. The van der Waals surface area contributed by atoms with Crippen LogP contribution in [-0.4, -0.2) is 28.7 Å². The molecule has 1 N–H and O–H groups in total. The topological polar surface area (TPSA) is 66.5 Å². The first kappa shape index (κ1) is 18.6. The molecule has 156 valence electrons. The van der Waals surface area contributed by atoms with Crippen LogP contribution in [-0.2, 0) is 14.4 Å². The van der Waals surface area contributed by atoms with Crippen LogP contribution < -0.4 is 5.32 Å². The Balaban J connectivity index is 1.12. The standard InChI is InChI=1S/C24H25ClN2O3/c25-13-2-1-3-14(10-13)26-22(28)12-4-6-15(7-5-12)27-23(29)20-16-8-9-17(19-11-18(16)19)21(20)24(27)30/h1-3,8-10,12,15-21H,4-7,11H2,(H,26,28)/t12?,15?,16-,17-,18-,19+,20+,21+/m0/s1. The third kappa shape index (κ3) is 2.71. The van der Waals surface area contributed by atoms with E-state index >= 15 is 0 Å². The average Bonchev–Trinajstić information content (AvgIpc) is 3.52. The average molecular weight is 425 g/mol. The molecule has 1 aromatic rings. The van der Waals surface area contributed by atoms with Crippen molar-refractivity contribution in [1.29, 1.82) is 0 Å². The van der Waals surface area contributed by atoms with Crippen molar-refractivity contribution in [3.8, 4) is 0 Å². The second-order valence-corrected chi connectivity index (χ2v) is 10.1. The number of nitrogens with zero attached hydrogens (tertiary/aromatic N) is 1. The summed E-state index contributed by atoms with van der Waals surface area (Å²) in [4.78, 5) is 40.8. The van der Waals surface area contributed by atoms with Gasteiger partial charge in [-0.25, -0.2) is 0 Å². The first-order valence-electron chi connectivity index (χ1n) is 11.1. The van der Waals surface area contributed by atoms with Gasteiger partial charge in [-0.15, -0.1) is 0 Å². The van der Waals surface area contributed by atoms with E-state index in [0.717, 1.165) is 0 Å². The second kappa shape index (κ2) is 6.68. The van der Waals surface area contributed by atoms with Gasteiger partial charge >= 0.3 is 0 Å². The molecule has 1 aliphatic heterocycles. The molecule has 3 amide bonds. The summed E-state index contributed by atoms with van der Waals surface area (Å²) in [7, 11) is 0. The molecule has 4 fully saturated rings. The Bertz CT molecular complexity index is 931. The molecule has 7 rings (SSSR count). The predicted octanol–water partition coefficient (Wildman–Crippen LogP) is 3.89. The predicted molar refractivity (Wildman–Crippen MR) is 112 cm³/mol. The highest BCUT2D eigenvalue weighted by Gasteiger charge is 2.67. The van der Waals surface area contributed by atoms with Crippen LogP contribution in [0, 0.1) is 41.4 Å². The zero-order valence-corrected chi connectivity index (χ0v) is 17.4. The molecular formula is C24H25ClN2O3. The fourth-order valence-corrected chi connectivity index (χ4v) is 6.94. The van der Waals surface area contributed by atoms with Gasteiger partial charge in [0.25, 0.3) is 0 Å². The molecule has 5 aliphatic carbocycles. The Kier molecular flexibility index (Phi) is 4.14. The highest BCUT2D eigenvalue weighted by Crippen LogP contribution is 2.65. The monoisotopic (exact) mass is 424 g/mol. The Morgan fingerprint density at radius 1 is 0.967 bits per heavy atom. The van der Waals surface area contributed by atoms with E-state index in [1.807, 2.05) is 12.1 Å². The van der Waals surface area contributed by atoms with Crippen molar-refractivity contribution < 1.29 is 14.4 Å². The molecule has 6 aliphatic rings. The summed E-state index contributed by atoms with van der Waals surface area (Å²) in [5.41, 5.74) is 0.699. The number of anilines is 1. The van der Waals surface area contributed by atoms with Gasteiger partial charge in [-0.1, -0.05) is 29.8 Å². The Morgan fingerprint density at radius 2 is 1.60 bits per heavy atom. The van der Waals surface area contributed by atoms with Crippen LogP contribution in [0.5, 0.6) is 0 Å². The second-order valence-electron chi connectivity index (χ2n) is 9.71. The van der Waals surface area contributed by atoms with Crippen molar-refractivity contribution in [2.45, 2.75) is 38.1 Å². The zero-order valence-electron chi connectivity index (χ0n) is 16.7. The van der Waals surface area contributed by atoms with E-state index in [2.05, 4.69) is 17.5 Å². The molecule has 30 heavy (non-hydrogen) atoms. The minimum absolute atomic E-state index is 0.00852. The van der Waals surface area contributed by atoms with Crippen molar-refractivity contribution in [1.82, 2.24) is 4.90 Å². The Hall–Kier alpha value is -2.14. The lowest BCUT2D eigenvalue weighted by molar-refractivity contribution is -0.144. The van der Waals surface area contributed by atoms with Crippen molar-refractivity contribution in [2.24, 2.45) is 41.4 Å². The fraction of sp³-hybridized carbons (Fsp3) is 0.542. The summed E-state index contributed by atoms with van der Waals surface area (Å²) >= 11 is 6.00. The van der Waals surface area contributed by atoms with Gasteiger partial charge in [-0.3, -0.25) is 19.3 Å². The number of halogens is 1. The van der Waals surface area contributed by atoms with Crippen molar-refractivity contribution in [3.05, 3.63) is 41.4 Å². The summed E-state index contributed by atoms with van der Waals surface area (Å²) in [6.45, 7) is 0. The maximum atomic E-state index is 13.3. The maximum absolute atomic E-state index is 13.3. The van der Waals surface area contributed by atoms with Crippen LogP contribution in [0.2, 0.25) is 5.02 Å². The number of rotatable bonds is 3. The third-order valence-corrected chi connectivity index (χ3v) is 8.46. The van der Waals surface area contributed by atoms with Gasteiger partial charge in [0.15, 0.2) is 0 Å². The van der Waals surface area contributed by atoms with Crippen molar-refractivity contribution in [3.63, 3.8) is 0 Å². The van der Waals surface area contributed by atoms with E-state index in [1.165, 1.54) is 6.42 Å². The van der Waals surface area contributed by atoms with Crippen LogP contribution >= 0.6 is 11.6 Å². The Labute approximate surface area is 180 Å². The molecule has 0 radical (unpaired) electrons. The number of hydrogen-bond acceptors (Lipinski definition) is 3. The van der Waals surface area contributed by atoms with Crippen molar-refractivity contribution in [2.75, 3.05) is 5.32 Å². The summed E-state index contributed by atoms with van der Waals surface area (Å²) < 4.78 is 0. The number of allylic oxidation sites excluding steroid dienone is 2. The number of amides is 3. The van der Waals surface area contributed by atoms with Gasteiger partial charge in [0.1, 0.15) is 0 Å². The number of nitrogens with one attached hydrogen (secondary N) is 1. The van der Waals surface area contributed by atoms with E-state index < -0.39 is 0 Å². The summed E-state index contributed by atoms with van der Waals surface area (Å²) in [6, 6.07) is 7.09. The first-order valence-corrected chi connectivity index (χ1v) is 11.5. The highest BCUT2D eigenvalue weighted by molar-refractivity contribution is 6.30. The van der Waals surface area contributed by atoms with Crippen LogP contribution in [0.3, 0.4) is 0 Å². The molecule has 0 aromatic heterocycles. The molecule has 0 unspecified atom stereocenters. The van der Waals surface area contributed by atoms with Gasteiger partial charge in [0.2, 0.25) is 17.7 Å². The number of carbonyl (C=O) groups excluding carboxylic acids is 3. The lowest BCUT2D eigenvalue weighted by Crippen LogP contribution is -2.44. The summed E-state index contributed by atoms with van der Waals surface area (Å²) in [5, 5.41) is 3.53. The Morgan fingerprint density at radius 3 is 2.20 bits per heavy atom. The lowest BCUT2D eigenvalue weighted by atomic mass is 9.63. The van der Waals surface area contributed by atoms with E-state index in [1.54, 1.807) is 17.0 Å². The van der Waals surface area contributed by atoms with E-state index in [0.29, 0.717) is 48.2 Å². The summed E-state index contributed by atoms with van der Waals surface area (Å²) in [5.74, 6) is 1.56. The van der Waals surface area contributed by atoms with E-state index in [9.17, 15) is 14.4 Å². The molecule has 2 bridgehead atoms. The molecule has 6 heteroatoms. The van der Waals surface area contributed by atoms with E-state index in [4.69, 9.17) is 11.6 Å². The molecule has 1 heterocycles. The number of imide groups is 1. The minimum Gasteiger partial charge on any atom is -0.326 e. The largest absolute Gasteiger partial charge is 0.326 e. The third-order valence-electron chi connectivity index (χ3n) is 8.22. The number of hydrogen-bond donors (Lipinski definition) is 1. The normalized spacial score (nSPS) is 40.9. The number of likely N-dealkylation sites (tertiary alicyclic amines) is 1. The molecule has 5 nitrogen and oxygen atoms in total. The zero-order chi connectivity index (χ0) is 20.6. The van der Waals surface area contributed by atoms with Gasteiger partial charge in [0.05, 0.1) is 11.8 Å². The first-order chi connectivity index (χ1) is 14.5. The minimum atomic E-state index is -0.125.